The number of ether oxygens (including phenoxy) is 1. The second-order valence-corrected chi connectivity index (χ2v) is 7.19. The Bertz CT molecular complexity index is 879. The molecule has 0 radical (unpaired) electrons. The highest BCUT2D eigenvalue weighted by Crippen LogP contribution is 2.30. The van der Waals surface area contributed by atoms with Gasteiger partial charge in [-0.2, -0.15) is 0 Å². The van der Waals surface area contributed by atoms with Crippen LogP contribution in [-0.4, -0.2) is 54.1 Å². The van der Waals surface area contributed by atoms with Crippen molar-refractivity contribution in [2.24, 2.45) is 4.99 Å². The highest BCUT2D eigenvalue weighted by molar-refractivity contribution is 5.97. The Morgan fingerprint density at radius 2 is 2.03 bits per heavy atom. The van der Waals surface area contributed by atoms with E-state index in [-0.39, 0.29) is 5.91 Å². The maximum absolute atomic E-state index is 12.4. The van der Waals surface area contributed by atoms with Crippen molar-refractivity contribution in [2.45, 2.75) is 25.1 Å². The average Bonchev–Trinajstić information content (AvgIpc) is 3.18. The summed E-state index contributed by atoms with van der Waals surface area (Å²) in [5.41, 5.74) is 4.07. The Hall–Kier alpha value is -2.97. The summed E-state index contributed by atoms with van der Waals surface area (Å²) >= 11 is 0. The summed E-state index contributed by atoms with van der Waals surface area (Å²) in [6.07, 6.45) is 3.17. The van der Waals surface area contributed by atoms with E-state index < -0.39 is 5.72 Å². The number of amidine groups is 1. The molecule has 1 aromatic carbocycles. The van der Waals surface area contributed by atoms with Gasteiger partial charge in [-0.05, 0) is 18.2 Å². The minimum Gasteiger partial charge on any atom is -0.496 e. The average molecular weight is 395 g/mol. The monoisotopic (exact) mass is 395 g/mol. The number of pyridine rings is 1. The standard InChI is InChI=1S/C21H25N5O3/c1-28-18-8-3-2-6-16(18)14-23-19(27)15-26-12-9-21(10-13-26)24-20(25-29-21)17-7-4-5-11-22-17/h2-8,11H,9-10,12-15H2,1H3,(H,23,27)(H,24,25). The van der Waals surface area contributed by atoms with E-state index in [9.17, 15) is 4.79 Å². The van der Waals surface area contributed by atoms with Gasteiger partial charge in [-0.3, -0.25) is 14.7 Å². The molecule has 2 aromatic rings. The topological polar surface area (TPSA) is 88.1 Å². The number of likely N-dealkylation sites (tertiary alicyclic amines) is 1. The zero-order valence-electron chi connectivity index (χ0n) is 16.4. The number of rotatable bonds is 6. The summed E-state index contributed by atoms with van der Waals surface area (Å²) < 4.78 is 5.32. The number of hydrogen-bond donors (Lipinski definition) is 2. The fraction of sp³-hybridized carbons (Fsp3) is 0.381. The van der Waals surface area contributed by atoms with Gasteiger partial charge in [-0.25, -0.2) is 15.3 Å². The maximum atomic E-state index is 12.4. The molecule has 1 spiro atoms. The van der Waals surface area contributed by atoms with E-state index in [2.05, 4.69) is 20.7 Å². The van der Waals surface area contributed by atoms with Crippen LogP contribution in [0, 0.1) is 0 Å². The lowest BCUT2D eigenvalue weighted by molar-refractivity contribution is -0.125. The van der Waals surface area contributed by atoms with Crippen molar-refractivity contribution in [3.63, 3.8) is 0 Å². The van der Waals surface area contributed by atoms with Crippen LogP contribution in [0.1, 0.15) is 24.1 Å². The number of aromatic nitrogens is 1. The SMILES string of the molecule is COc1ccccc1CNC(=O)CN1CCC2(CC1)N=C(c1ccccn1)NO2. The highest BCUT2D eigenvalue weighted by atomic mass is 16.7. The molecule has 2 N–H and O–H groups in total. The number of aliphatic imine (C=N–C) groups is 1. The first-order valence-corrected chi connectivity index (χ1v) is 9.74. The minimum absolute atomic E-state index is 0.00463. The number of amides is 1. The van der Waals surface area contributed by atoms with Crippen molar-refractivity contribution in [3.05, 3.63) is 59.9 Å². The zero-order valence-corrected chi connectivity index (χ0v) is 16.4. The van der Waals surface area contributed by atoms with Crippen molar-refractivity contribution < 1.29 is 14.4 Å². The maximum Gasteiger partial charge on any atom is 0.234 e. The Kier molecular flexibility index (Phi) is 5.73. The molecular formula is C21H25N5O3. The molecule has 1 fully saturated rings. The molecule has 8 heteroatoms. The second-order valence-electron chi connectivity index (χ2n) is 7.19. The van der Waals surface area contributed by atoms with Gasteiger partial charge in [-0.15, -0.1) is 0 Å². The fourth-order valence-electron chi connectivity index (χ4n) is 3.58. The smallest absolute Gasteiger partial charge is 0.234 e. The minimum atomic E-state index is -0.572. The van der Waals surface area contributed by atoms with E-state index in [1.807, 2.05) is 42.5 Å². The van der Waals surface area contributed by atoms with E-state index in [0.717, 1.165) is 42.9 Å². The Labute approximate surface area is 169 Å². The number of nitrogens with zero attached hydrogens (tertiary/aromatic N) is 3. The van der Waals surface area contributed by atoms with Gasteiger partial charge in [0.25, 0.3) is 0 Å². The summed E-state index contributed by atoms with van der Waals surface area (Å²) in [6.45, 7) is 2.28. The molecule has 0 unspecified atom stereocenters. The van der Waals surface area contributed by atoms with E-state index in [4.69, 9.17) is 14.6 Å². The van der Waals surface area contributed by atoms with Crippen molar-refractivity contribution >= 4 is 11.7 Å². The molecule has 0 saturated carbocycles. The number of piperidine rings is 1. The van der Waals surface area contributed by atoms with Crippen LogP contribution in [0.15, 0.2) is 53.7 Å². The first-order valence-electron chi connectivity index (χ1n) is 9.74. The predicted molar refractivity (Wildman–Crippen MR) is 108 cm³/mol. The third-order valence-corrected chi connectivity index (χ3v) is 5.23. The number of carbonyl (C=O) groups excluding carboxylic acids is 1. The van der Waals surface area contributed by atoms with Gasteiger partial charge in [0.15, 0.2) is 11.6 Å². The van der Waals surface area contributed by atoms with E-state index in [1.165, 1.54) is 0 Å². The summed E-state index contributed by atoms with van der Waals surface area (Å²) in [5, 5.41) is 2.97. The number of benzene rings is 1. The van der Waals surface area contributed by atoms with Crippen molar-refractivity contribution in [1.82, 2.24) is 20.7 Å². The molecule has 1 saturated heterocycles. The van der Waals surface area contributed by atoms with Gasteiger partial charge < -0.3 is 10.1 Å². The van der Waals surface area contributed by atoms with Crippen LogP contribution >= 0.6 is 0 Å². The molecule has 2 aliphatic rings. The normalized spacial score (nSPS) is 18.2. The quantitative estimate of drug-likeness (QED) is 0.770. The lowest BCUT2D eigenvalue weighted by Crippen LogP contribution is -2.47. The third-order valence-electron chi connectivity index (χ3n) is 5.23. The van der Waals surface area contributed by atoms with Crippen LogP contribution in [-0.2, 0) is 16.2 Å². The van der Waals surface area contributed by atoms with E-state index >= 15 is 0 Å². The molecule has 8 nitrogen and oxygen atoms in total. The summed E-state index contributed by atoms with van der Waals surface area (Å²) in [7, 11) is 1.63. The van der Waals surface area contributed by atoms with Gasteiger partial charge in [0.2, 0.25) is 5.91 Å². The van der Waals surface area contributed by atoms with Gasteiger partial charge >= 0.3 is 0 Å². The number of methoxy groups -OCH3 is 1. The molecule has 0 aliphatic carbocycles. The van der Waals surface area contributed by atoms with Gasteiger partial charge in [0.05, 0.1) is 13.7 Å². The molecule has 29 heavy (non-hydrogen) atoms. The molecular weight excluding hydrogens is 370 g/mol. The Balaban J connectivity index is 1.27. The fourth-order valence-corrected chi connectivity index (χ4v) is 3.58. The molecule has 4 rings (SSSR count). The Morgan fingerprint density at radius 1 is 1.24 bits per heavy atom. The van der Waals surface area contributed by atoms with Crippen molar-refractivity contribution in [2.75, 3.05) is 26.7 Å². The van der Waals surface area contributed by atoms with Gasteiger partial charge in [0.1, 0.15) is 11.4 Å². The van der Waals surface area contributed by atoms with Crippen LogP contribution in [0.2, 0.25) is 0 Å². The molecule has 0 atom stereocenters. The third kappa shape index (κ3) is 4.55. The zero-order chi connectivity index (χ0) is 20.1. The second kappa shape index (κ2) is 8.59. The summed E-state index contributed by atoms with van der Waals surface area (Å²) in [4.78, 5) is 29.3. The predicted octanol–water partition coefficient (Wildman–Crippen LogP) is 1.48. The molecule has 1 amide bonds. The largest absolute Gasteiger partial charge is 0.496 e. The molecule has 2 aliphatic heterocycles. The highest BCUT2D eigenvalue weighted by Gasteiger charge is 2.40. The van der Waals surface area contributed by atoms with Crippen molar-refractivity contribution in [3.8, 4) is 5.75 Å². The number of carbonyl (C=O) groups is 1. The summed E-state index contributed by atoms with van der Waals surface area (Å²) in [6, 6.07) is 13.4. The lowest BCUT2D eigenvalue weighted by atomic mass is 10.0. The van der Waals surface area contributed by atoms with E-state index in [1.54, 1.807) is 13.3 Å². The Morgan fingerprint density at radius 3 is 2.79 bits per heavy atom. The van der Waals surface area contributed by atoms with Crippen LogP contribution in [0.3, 0.4) is 0 Å². The van der Waals surface area contributed by atoms with Crippen LogP contribution in [0.4, 0.5) is 0 Å². The molecule has 1 aromatic heterocycles. The van der Waals surface area contributed by atoms with Crippen molar-refractivity contribution in [1.29, 1.82) is 0 Å². The summed E-state index contributed by atoms with van der Waals surface area (Å²) in [5.74, 6) is 1.43. The number of para-hydroxylation sites is 1. The first kappa shape index (κ1) is 19.4. The van der Waals surface area contributed by atoms with Crippen LogP contribution in [0.5, 0.6) is 5.75 Å². The first-order chi connectivity index (χ1) is 14.2. The number of hydroxylamine groups is 1. The van der Waals surface area contributed by atoms with Crippen LogP contribution < -0.4 is 15.5 Å². The number of hydrogen-bond acceptors (Lipinski definition) is 7. The lowest BCUT2D eigenvalue weighted by Gasteiger charge is -2.35. The van der Waals surface area contributed by atoms with Crippen LogP contribution in [0.25, 0.3) is 0 Å². The van der Waals surface area contributed by atoms with Gasteiger partial charge in [-0.1, -0.05) is 24.3 Å². The molecule has 3 heterocycles. The molecule has 152 valence electrons. The van der Waals surface area contributed by atoms with E-state index in [0.29, 0.717) is 18.9 Å². The van der Waals surface area contributed by atoms with Gasteiger partial charge in [0, 0.05) is 44.2 Å². The molecule has 0 bridgehead atoms. The number of nitrogens with one attached hydrogen (secondary N) is 2.